The highest BCUT2D eigenvalue weighted by atomic mass is 16.3. The van der Waals surface area contributed by atoms with E-state index >= 15 is 0 Å². The summed E-state index contributed by atoms with van der Waals surface area (Å²) in [6.07, 6.45) is 0. The first-order chi connectivity index (χ1) is 23.3. The van der Waals surface area contributed by atoms with Crippen LogP contribution < -0.4 is 0 Å². The molecule has 0 bridgehead atoms. The Hall–Kier alpha value is -6.18. The minimum absolute atomic E-state index is 0.908. The van der Waals surface area contributed by atoms with Crippen molar-refractivity contribution in [2.75, 3.05) is 0 Å². The molecule has 218 valence electrons. The molecule has 1 heteroatoms. The van der Waals surface area contributed by atoms with Crippen LogP contribution in [0.1, 0.15) is 0 Å². The molecule has 0 saturated carbocycles. The van der Waals surface area contributed by atoms with E-state index in [2.05, 4.69) is 170 Å². The van der Waals surface area contributed by atoms with E-state index in [9.17, 15) is 0 Å². The fourth-order valence-corrected chi connectivity index (χ4v) is 7.75. The molecule has 0 radical (unpaired) electrons. The quantitative estimate of drug-likeness (QED) is 0.185. The van der Waals surface area contributed by atoms with E-state index in [1.165, 1.54) is 81.9 Å². The first-order valence-corrected chi connectivity index (χ1v) is 16.2. The van der Waals surface area contributed by atoms with E-state index in [1.54, 1.807) is 0 Å². The highest BCUT2D eigenvalue weighted by Crippen LogP contribution is 2.46. The lowest BCUT2D eigenvalue weighted by atomic mass is 9.84. The van der Waals surface area contributed by atoms with Gasteiger partial charge in [-0.25, -0.2) is 0 Å². The Morgan fingerprint density at radius 1 is 0.298 bits per heavy atom. The number of hydrogen-bond acceptors (Lipinski definition) is 1. The Kier molecular flexibility index (Phi) is 5.64. The first-order valence-electron chi connectivity index (χ1n) is 16.2. The first kappa shape index (κ1) is 26.1. The Bertz CT molecular complexity index is 2830. The van der Waals surface area contributed by atoms with Gasteiger partial charge in [-0.2, -0.15) is 0 Å². The van der Waals surface area contributed by atoms with Crippen LogP contribution in [0, 0.1) is 0 Å². The van der Waals surface area contributed by atoms with Gasteiger partial charge in [0.2, 0.25) is 0 Å². The smallest absolute Gasteiger partial charge is 0.136 e. The van der Waals surface area contributed by atoms with Gasteiger partial charge >= 0.3 is 0 Å². The maximum absolute atomic E-state index is 6.42. The summed E-state index contributed by atoms with van der Waals surface area (Å²) in [6, 6.07) is 61.6. The summed E-state index contributed by atoms with van der Waals surface area (Å²) < 4.78 is 6.42. The highest BCUT2D eigenvalue weighted by Gasteiger charge is 2.19. The van der Waals surface area contributed by atoms with E-state index in [4.69, 9.17) is 4.42 Å². The monoisotopic (exact) mass is 596 g/mol. The van der Waals surface area contributed by atoms with Gasteiger partial charge in [-0.05, 0) is 101 Å². The highest BCUT2D eigenvalue weighted by molar-refractivity contribution is 6.24. The normalized spacial score (nSPS) is 11.8. The third-order valence-corrected chi connectivity index (χ3v) is 9.84. The Morgan fingerprint density at radius 2 is 0.872 bits per heavy atom. The number of hydrogen-bond donors (Lipinski definition) is 0. The zero-order valence-electron chi connectivity index (χ0n) is 25.6. The average molecular weight is 597 g/mol. The van der Waals surface area contributed by atoms with Crippen molar-refractivity contribution in [2.24, 2.45) is 0 Å². The molecule has 0 unspecified atom stereocenters. The van der Waals surface area contributed by atoms with Gasteiger partial charge in [0.1, 0.15) is 11.2 Å². The van der Waals surface area contributed by atoms with Crippen molar-refractivity contribution in [3.05, 3.63) is 170 Å². The van der Waals surface area contributed by atoms with E-state index in [0.717, 1.165) is 16.6 Å². The van der Waals surface area contributed by atoms with Crippen LogP contribution in [0.2, 0.25) is 0 Å². The van der Waals surface area contributed by atoms with E-state index in [-0.39, 0.29) is 0 Å². The third kappa shape index (κ3) is 3.97. The maximum atomic E-state index is 6.42. The molecule has 0 saturated heterocycles. The van der Waals surface area contributed by atoms with Crippen molar-refractivity contribution in [2.45, 2.75) is 0 Å². The number of fused-ring (bicyclic) bond motifs is 8. The average Bonchev–Trinajstić information content (AvgIpc) is 3.52. The Morgan fingerprint density at radius 3 is 1.68 bits per heavy atom. The van der Waals surface area contributed by atoms with Gasteiger partial charge < -0.3 is 4.42 Å². The van der Waals surface area contributed by atoms with Gasteiger partial charge in [0.25, 0.3) is 0 Å². The lowest BCUT2D eigenvalue weighted by Gasteiger charge is -2.19. The molecule has 9 aromatic carbocycles. The topological polar surface area (TPSA) is 13.1 Å². The summed E-state index contributed by atoms with van der Waals surface area (Å²) in [6.45, 7) is 0. The predicted molar refractivity (Wildman–Crippen MR) is 200 cm³/mol. The van der Waals surface area contributed by atoms with Gasteiger partial charge in [0, 0.05) is 10.8 Å². The molecule has 0 atom stereocenters. The van der Waals surface area contributed by atoms with Crippen molar-refractivity contribution in [1.82, 2.24) is 0 Å². The van der Waals surface area contributed by atoms with Crippen LogP contribution in [0.5, 0.6) is 0 Å². The summed E-state index contributed by atoms with van der Waals surface area (Å²) in [5.74, 6) is 0. The number of rotatable bonds is 3. The maximum Gasteiger partial charge on any atom is 0.136 e. The van der Waals surface area contributed by atoms with Gasteiger partial charge in [-0.3, -0.25) is 0 Å². The summed E-state index contributed by atoms with van der Waals surface area (Å²) in [7, 11) is 0. The van der Waals surface area contributed by atoms with Gasteiger partial charge in [-0.1, -0.05) is 146 Å². The fourth-order valence-electron chi connectivity index (χ4n) is 7.75. The van der Waals surface area contributed by atoms with E-state index in [0.29, 0.717) is 0 Å². The molecule has 0 amide bonds. The van der Waals surface area contributed by atoms with Gasteiger partial charge in [0.05, 0.1) is 0 Å². The number of benzene rings is 9. The SMILES string of the molecule is c1ccc(-c2c3ccccc3c(-c3ccc4oc5ccc6ccccc6c5c4c3)c3cc(-c4cccc5ccccc45)ccc23)cc1. The molecule has 1 nitrogen and oxygen atoms in total. The van der Waals surface area contributed by atoms with Crippen LogP contribution in [-0.4, -0.2) is 0 Å². The zero-order chi connectivity index (χ0) is 30.9. The molecule has 0 fully saturated rings. The Balaban J connectivity index is 1.34. The van der Waals surface area contributed by atoms with Crippen LogP contribution in [0.3, 0.4) is 0 Å². The predicted octanol–water partition coefficient (Wildman–Crippen LogP) is 13.2. The molecule has 10 rings (SSSR count). The largest absolute Gasteiger partial charge is 0.456 e. The van der Waals surface area contributed by atoms with Gasteiger partial charge in [0.15, 0.2) is 0 Å². The lowest BCUT2D eigenvalue weighted by molar-refractivity contribution is 0.669. The molecular formula is C46H28O. The molecule has 0 aliphatic rings. The molecule has 1 heterocycles. The minimum atomic E-state index is 0.908. The second-order valence-electron chi connectivity index (χ2n) is 12.4. The molecular weight excluding hydrogens is 569 g/mol. The molecule has 0 spiro atoms. The lowest BCUT2D eigenvalue weighted by Crippen LogP contribution is -1.92. The summed E-state index contributed by atoms with van der Waals surface area (Å²) in [5, 5.41) is 12.2. The van der Waals surface area contributed by atoms with Crippen molar-refractivity contribution in [3.63, 3.8) is 0 Å². The van der Waals surface area contributed by atoms with Crippen molar-refractivity contribution in [3.8, 4) is 33.4 Å². The summed E-state index contributed by atoms with van der Waals surface area (Å²) >= 11 is 0. The van der Waals surface area contributed by atoms with Crippen molar-refractivity contribution in [1.29, 1.82) is 0 Å². The van der Waals surface area contributed by atoms with Crippen LogP contribution >= 0.6 is 0 Å². The fraction of sp³-hybridized carbons (Fsp3) is 0. The van der Waals surface area contributed by atoms with Crippen LogP contribution in [0.15, 0.2) is 174 Å². The van der Waals surface area contributed by atoms with Crippen LogP contribution in [-0.2, 0) is 0 Å². The summed E-state index contributed by atoms with van der Waals surface area (Å²) in [4.78, 5) is 0. The van der Waals surface area contributed by atoms with Crippen LogP contribution in [0.4, 0.5) is 0 Å². The van der Waals surface area contributed by atoms with Crippen molar-refractivity contribution >= 4 is 65.0 Å². The van der Waals surface area contributed by atoms with Gasteiger partial charge in [-0.15, -0.1) is 0 Å². The molecule has 0 N–H and O–H groups in total. The third-order valence-electron chi connectivity index (χ3n) is 9.84. The second kappa shape index (κ2) is 10.2. The Labute approximate surface area is 271 Å². The molecule has 0 aliphatic carbocycles. The summed E-state index contributed by atoms with van der Waals surface area (Å²) in [5.41, 5.74) is 9.21. The van der Waals surface area contributed by atoms with E-state index in [1.807, 2.05) is 0 Å². The second-order valence-corrected chi connectivity index (χ2v) is 12.4. The molecule has 47 heavy (non-hydrogen) atoms. The zero-order valence-corrected chi connectivity index (χ0v) is 25.6. The van der Waals surface area contributed by atoms with Crippen LogP contribution in [0.25, 0.3) is 98.4 Å². The van der Waals surface area contributed by atoms with Crippen molar-refractivity contribution < 1.29 is 4.42 Å². The molecule has 10 aromatic rings. The molecule has 0 aliphatic heterocycles. The van der Waals surface area contributed by atoms with E-state index < -0.39 is 0 Å². The standard InChI is InChI=1S/C46H28O/c1-2-13-31(14-3-1)44-37-18-8-9-19-38(37)45(40-27-32(21-24-39(40)44)35-20-10-15-29-11-4-6-16-34(29)35)33-23-25-42-41(28-33)46-36-17-7-5-12-30(36)22-26-43(46)47-42/h1-28H. The number of furan rings is 1. The molecule has 1 aromatic heterocycles. The minimum Gasteiger partial charge on any atom is -0.456 e.